The Morgan fingerprint density at radius 3 is 2.06 bits per heavy atom. The third-order valence-corrected chi connectivity index (χ3v) is 4.72. The molecule has 1 saturated heterocycles. The Morgan fingerprint density at radius 2 is 1.62 bits per heavy atom. The minimum absolute atomic E-state index is 0.477. The van der Waals surface area contributed by atoms with E-state index in [0.717, 1.165) is 12.0 Å². The minimum atomic E-state index is 0.477. The van der Waals surface area contributed by atoms with Crippen LogP contribution in [-0.2, 0) is 0 Å². The largest absolute Gasteiger partial charge is 0.328 e. The first-order valence-electron chi connectivity index (χ1n) is 6.96. The number of rotatable bonds is 1. The highest BCUT2D eigenvalue weighted by Crippen LogP contribution is 2.36. The highest BCUT2D eigenvalue weighted by molar-refractivity contribution is 4.88. The van der Waals surface area contributed by atoms with Crippen LogP contribution in [0.25, 0.3) is 0 Å². The molecule has 1 saturated carbocycles. The number of piperidine rings is 1. The van der Waals surface area contributed by atoms with Crippen LogP contribution in [0, 0.1) is 11.3 Å². The minimum Gasteiger partial charge on any atom is -0.328 e. The predicted octanol–water partition coefficient (Wildman–Crippen LogP) is 2.62. The van der Waals surface area contributed by atoms with Crippen LogP contribution in [0.4, 0.5) is 0 Å². The first-order valence-corrected chi connectivity index (χ1v) is 6.96. The summed E-state index contributed by atoms with van der Waals surface area (Å²) in [5, 5.41) is 0. The van der Waals surface area contributed by atoms with Gasteiger partial charge in [0.25, 0.3) is 0 Å². The first-order chi connectivity index (χ1) is 7.47. The van der Waals surface area contributed by atoms with Gasteiger partial charge in [-0.05, 0) is 56.5 Å². The third kappa shape index (κ3) is 2.78. The molecule has 94 valence electrons. The summed E-state index contributed by atoms with van der Waals surface area (Å²) < 4.78 is 0. The highest BCUT2D eigenvalue weighted by Gasteiger charge is 2.33. The van der Waals surface area contributed by atoms with Gasteiger partial charge in [-0.1, -0.05) is 20.8 Å². The van der Waals surface area contributed by atoms with Gasteiger partial charge in [0, 0.05) is 12.1 Å². The summed E-state index contributed by atoms with van der Waals surface area (Å²) in [4.78, 5) is 2.70. The van der Waals surface area contributed by atoms with E-state index in [1.807, 2.05) is 0 Å². The van der Waals surface area contributed by atoms with Crippen LogP contribution >= 0.6 is 0 Å². The molecule has 0 amide bonds. The molecule has 2 N–H and O–H groups in total. The van der Waals surface area contributed by atoms with Crippen molar-refractivity contribution in [1.29, 1.82) is 0 Å². The van der Waals surface area contributed by atoms with E-state index in [9.17, 15) is 0 Å². The molecule has 16 heavy (non-hydrogen) atoms. The van der Waals surface area contributed by atoms with E-state index in [1.165, 1.54) is 45.2 Å². The van der Waals surface area contributed by atoms with Crippen molar-refractivity contribution in [3.05, 3.63) is 0 Å². The van der Waals surface area contributed by atoms with Crippen molar-refractivity contribution >= 4 is 0 Å². The lowest BCUT2D eigenvalue weighted by Crippen LogP contribution is -2.43. The number of likely N-dealkylation sites (tertiary alicyclic amines) is 1. The van der Waals surface area contributed by atoms with Gasteiger partial charge in [-0.15, -0.1) is 0 Å². The van der Waals surface area contributed by atoms with Crippen LogP contribution in [0.15, 0.2) is 0 Å². The molecule has 2 fully saturated rings. The van der Waals surface area contributed by atoms with Gasteiger partial charge in [0.15, 0.2) is 0 Å². The van der Waals surface area contributed by atoms with Crippen molar-refractivity contribution in [2.45, 2.75) is 65.0 Å². The fraction of sp³-hybridized carbons (Fsp3) is 1.00. The molecule has 2 nitrogen and oxygen atoms in total. The maximum absolute atomic E-state index is 6.00. The second-order valence-electron chi connectivity index (χ2n) is 6.90. The van der Waals surface area contributed by atoms with E-state index >= 15 is 0 Å². The molecule has 0 radical (unpaired) electrons. The standard InChI is InChI=1S/C14H28N2/c1-14(2,3)11-6-8-16(9-7-11)13-5-4-12(15)10-13/h11-13H,4-10,15H2,1-3H3. The molecule has 2 unspecified atom stereocenters. The molecular formula is C14H28N2. The van der Waals surface area contributed by atoms with Crippen LogP contribution in [-0.4, -0.2) is 30.1 Å². The van der Waals surface area contributed by atoms with Crippen molar-refractivity contribution < 1.29 is 0 Å². The molecule has 0 aromatic rings. The van der Waals surface area contributed by atoms with E-state index in [-0.39, 0.29) is 0 Å². The Labute approximate surface area is 101 Å². The van der Waals surface area contributed by atoms with Crippen LogP contribution in [0.2, 0.25) is 0 Å². The lowest BCUT2D eigenvalue weighted by molar-refractivity contribution is 0.0839. The van der Waals surface area contributed by atoms with E-state index in [0.29, 0.717) is 11.5 Å². The van der Waals surface area contributed by atoms with Gasteiger partial charge < -0.3 is 10.6 Å². The molecule has 0 spiro atoms. The van der Waals surface area contributed by atoms with Crippen molar-refractivity contribution in [2.75, 3.05) is 13.1 Å². The summed E-state index contributed by atoms with van der Waals surface area (Å²) in [6.45, 7) is 9.77. The van der Waals surface area contributed by atoms with E-state index in [4.69, 9.17) is 5.73 Å². The van der Waals surface area contributed by atoms with E-state index in [1.54, 1.807) is 0 Å². The molecule has 2 atom stereocenters. The summed E-state index contributed by atoms with van der Waals surface area (Å²) >= 11 is 0. The van der Waals surface area contributed by atoms with Crippen molar-refractivity contribution in [3.63, 3.8) is 0 Å². The van der Waals surface area contributed by atoms with E-state index < -0.39 is 0 Å². The lowest BCUT2D eigenvalue weighted by atomic mass is 9.75. The molecule has 0 aromatic carbocycles. The SMILES string of the molecule is CC(C)(C)C1CCN(C2CCC(N)C2)CC1. The zero-order valence-corrected chi connectivity index (χ0v) is 11.2. The first kappa shape index (κ1) is 12.4. The Bertz CT molecular complexity index is 223. The second-order valence-corrected chi connectivity index (χ2v) is 6.90. The fourth-order valence-electron chi connectivity index (χ4n) is 3.45. The zero-order chi connectivity index (χ0) is 11.8. The quantitative estimate of drug-likeness (QED) is 0.742. The molecular weight excluding hydrogens is 196 g/mol. The van der Waals surface area contributed by atoms with Crippen LogP contribution < -0.4 is 5.73 Å². The van der Waals surface area contributed by atoms with Crippen molar-refractivity contribution in [3.8, 4) is 0 Å². The predicted molar refractivity (Wildman–Crippen MR) is 69.4 cm³/mol. The Hall–Kier alpha value is -0.0800. The number of hydrogen-bond donors (Lipinski definition) is 1. The summed E-state index contributed by atoms with van der Waals surface area (Å²) in [7, 11) is 0. The molecule has 2 heteroatoms. The average Bonchev–Trinajstić information content (AvgIpc) is 2.64. The summed E-state index contributed by atoms with van der Waals surface area (Å²) in [5.41, 5.74) is 6.50. The van der Waals surface area contributed by atoms with Crippen LogP contribution in [0.3, 0.4) is 0 Å². The number of nitrogens with two attached hydrogens (primary N) is 1. The highest BCUT2D eigenvalue weighted by atomic mass is 15.2. The molecule has 1 heterocycles. The number of nitrogens with zero attached hydrogens (tertiary/aromatic N) is 1. The normalized spacial score (nSPS) is 34.5. The monoisotopic (exact) mass is 224 g/mol. The van der Waals surface area contributed by atoms with Gasteiger partial charge in [-0.25, -0.2) is 0 Å². The average molecular weight is 224 g/mol. The Kier molecular flexibility index (Phi) is 3.60. The summed E-state index contributed by atoms with van der Waals surface area (Å²) in [5.74, 6) is 0.916. The fourth-order valence-corrected chi connectivity index (χ4v) is 3.45. The van der Waals surface area contributed by atoms with Gasteiger partial charge in [0.2, 0.25) is 0 Å². The van der Waals surface area contributed by atoms with E-state index in [2.05, 4.69) is 25.7 Å². The van der Waals surface area contributed by atoms with Crippen LogP contribution in [0.5, 0.6) is 0 Å². The zero-order valence-electron chi connectivity index (χ0n) is 11.2. The second kappa shape index (κ2) is 4.66. The smallest absolute Gasteiger partial charge is 0.0111 e. The van der Waals surface area contributed by atoms with Crippen molar-refractivity contribution in [1.82, 2.24) is 4.90 Å². The number of hydrogen-bond acceptors (Lipinski definition) is 2. The summed E-state index contributed by atoms with van der Waals surface area (Å²) in [6, 6.07) is 1.28. The Balaban J connectivity index is 1.81. The molecule has 0 bridgehead atoms. The van der Waals surface area contributed by atoms with Gasteiger partial charge in [0.05, 0.1) is 0 Å². The van der Waals surface area contributed by atoms with Gasteiger partial charge in [0.1, 0.15) is 0 Å². The van der Waals surface area contributed by atoms with Crippen molar-refractivity contribution in [2.24, 2.45) is 17.1 Å². The Morgan fingerprint density at radius 1 is 1.00 bits per heavy atom. The molecule has 1 aliphatic heterocycles. The molecule has 2 aliphatic rings. The van der Waals surface area contributed by atoms with Gasteiger partial charge >= 0.3 is 0 Å². The maximum Gasteiger partial charge on any atom is 0.0111 e. The summed E-state index contributed by atoms with van der Waals surface area (Å²) in [6.07, 6.45) is 6.58. The van der Waals surface area contributed by atoms with Crippen LogP contribution in [0.1, 0.15) is 52.9 Å². The maximum atomic E-state index is 6.00. The van der Waals surface area contributed by atoms with Gasteiger partial charge in [-0.2, -0.15) is 0 Å². The van der Waals surface area contributed by atoms with Gasteiger partial charge in [-0.3, -0.25) is 0 Å². The topological polar surface area (TPSA) is 29.3 Å². The lowest BCUT2D eigenvalue weighted by Gasteiger charge is -2.41. The third-order valence-electron chi connectivity index (χ3n) is 4.72. The molecule has 2 rings (SSSR count). The molecule has 0 aromatic heterocycles. The molecule has 1 aliphatic carbocycles.